The van der Waals surface area contributed by atoms with E-state index in [9.17, 15) is 13.9 Å². The third kappa shape index (κ3) is 4.71. The lowest BCUT2D eigenvalue weighted by Crippen LogP contribution is -2.16. The summed E-state index contributed by atoms with van der Waals surface area (Å²) in [5.74, 6) is -0.0436. The van der Waals surface area contributed by atoms with E-state index >= 15 is 0 Å². The molecule has 12 heteroatoms. The first-order chi connectivity index (χ1) is 13.3. The molecule has 3 aromatic rings. The Hall–Kier alpha value is -2.40. The number of carbonyl (C=O) groups is 1. The molecule has 3 N–H and O–H groups in total. The molecule has 10 nitrogen and oxygen atoms in total. The first kappa shape index (κ1) is 20.3. The highest BCUT2D eigenvalue weighted by atomic mass is 32.2. The van der Waals surface area contributed by atoms with Crippen LogP contribution in [0, 0.1) is 0 Å². The Labute approximate surface area is 162 Å². The summed E-state index contributed by atoms with van der Waals surface area (Å²) >= 11 is -1.48. The van der Waals surface area contributed by atoms with Crippen LogP contribution in [0.5, 0.6) is 0 Å². The van der Waals surface area contributed by atoms with Crippen LogP contribution in [0.25, 0.3) is 11.0 Å². The molecule has 0 radical (unpaired) electrons. The van der Waals surface area contributed by atoms with Crippen molar-refractivity contribution in [1.82, 2.24) is 9.55 Å². The first-order valence-electron chi connectivity index (χ1n) is 7.80. The van der Waals surface area contributed by atoms with Crippen LogP contribution in [-0.2, 0) is 31.7 Å². The molecule has 1 heterocycles. The molecule has 28 heavy (non-hydrogen) atoms. The lowest BCUT2D eigenvalue weighted by Gasteiger charge is -2.12. The van der Waals surface area contributed by atoms with Gasteiger partial charge in [-0.15, -0.1) is 0 Å². The molecule has 3 rings (SSSR count). The minimum absolute atomic E-state index is 0.0436. The van der Waals surface area contributed by atoms with Gasteiger partial charge in [-0.2, -0.15) is 0 Å². The number of fused-ring (bicyclic) bond motifs is 1. The minimum Gasteiger partial charge on any atom is -0.606 e. The number of rotatable bonds is 6. The Kier molecular flexibility index (Phi) is 6.04. The Morgan fingerprint density at radius 2 is 1.96 bits per heavy atom. The SMILES string of the molecule is COC(=O)Nc1nc2ccc([S+]([O-])c3ccccc3)cc2n1COP(=O)(O)O. The molecule has 148 valence electrons. The van der Waals surface area contributed by atoms with Crippen molar-refractivity contribution >= 4 is 42.1 Å². The number of phosphoric acid groups is 1. The number of anilines is 1. The van der Waals surface area contributed by atoms with Gasteiger partial charge >= 0.3 is 13.9 Å². The lowest BCUT2D eigenvalue weighted by atomic mass is 10.3. The third-order valence-corrected chi connectivity index (χ3v) is 5.48. The van der Waals surface area contributed by atoms with Gasteiger partial charge in [0.2, 0.25) is 5.95 Å². The van der Waals surface area contributed by atoms with E-state index in [1.54, 1.807) is 42.5 Å². The monoisotopic (exact) mass is 425 g/mol. The largest absolute Gasteiger partial charge is 0.606 e. The van der Waals surface area contributed by atoms with Gasteiger partial charge in [0.25, 0.3) is 0 Å². The number of methoxy groups -OCH3 is 1. The zero-order valence-electron chi connectivity index (χ0n) is 14.5. The topological polar surface area (TPSA) is 146 Å². The molecule has 0 aliphatic rings. The van der Waals surface area contributed by atoms with E-state index in [-0.39, 0.29) is 5.95 Å². The van der Waals surface area contributed by atoms with Crippen LogP contribution in [0.1, 0.15) is 0 Å². The number of nitrogens with zero attached hydrogens (tertiary/aromatic N) is 2. The van der Waals surface area contributed by atoms with E-state index in [0.29, 0.717) is 20.8 Å². The summed E-state index contributed by atoms with van der Waals surface area (Å²) in [6.45, 7) is -0.596. The van der Waals surface area contributed by atoms with Crippen molar-refractivity contribution < 1.29 is 33.0 Å². The van der Waals surface area contributed by atoms with E-state index in [0.717, 1.165) is 7.11 Å². The highest BCUT2D eigenvalue weighted by Gasteiger charge is 2.21. The van der Waals surface area contributed by atoms with Crippen LogP contribution >= 0.6 is 7.82 Å². The number of hydrogen-bond donors (Lipinski definition) is 3. The number of imidazole rings is 1. The number of phosphoric ester groups is 1. The number of ether oxygens (including phenoxy) is 1. The fraction of sp³-hybridized carbons (Fsp3) is 0.125. The van der Waals surface area contributed by atoms with Crippen molar-refractivity contribution in [2.24, 2.45) is 0 Å². The number of hydrogen-bond acceptors (Lipinski definition) is 6. The molecule has 1 amide bonds. The summed E-state index contributed by atoms with van der Waals surface area (Å²) in [5, 5.41) is 2.35. The van der Waals surface area contributed by atoms with E-state index < -0.39 is 31.8 Å². The molecule has 2 aromatic carbocycles. The second kappa shape index (κ2) is 8.31. The Morgan fingerprint density at radius 1 is 1.25 bits per heavy atom. The van der Waals surface area contributed by atoms with Gasteiger partial charge in [-0.25, -0.2) is 14.3 Å². The standard InChI is InChI=1S/C16H16N3O7PS/c1-25-16(20)18-15-17-13-8-7-12(28(24)11-5-3-2-4-6-11)9-14(13)19(15)10-26-27(21,22)23/h2-9H,10H2,1H3,(H,17,18,20)(H2,21,22,23). The number of carbonyl (C=O) groups excluding carboxylic acids is 1. The van der Waals surface area contributed by atoms with E-state index in [4.69, 9.17) is 9.79 Å². The molecule has 1 atom stereocenters. The van der Waals surface area contributed by atoms with Crippen LogP contribution < -0.4 is 5.32 Å². The maximum atomic E-state index is 12.8. The molecule has 0 aliphatic heterocycles. The van der Waals surface area contributed by atoms with Crippen molar-refractivity contribution in [3.05, 3.63) is 48.5 Å². The van der Waals surface area contributed by atoms with Crippen molar-refractivity contribution in [2.45, 2.75) is 16.5 Å². The van der Waals surface area contributed by atoms with Gasteiger partial charge in [-0.05, 0) is 24.3 Å². The number of amides is 1. The second-order valence-electron chi connectivity index (χ2n) is 5.46. The average Bonchev–Trinajstić information content (AvgIpc) is 3.01. The number of aromatic nitrogens is 2. The molecule has 0 saturated carbocycles. The van der Waals surface area contributed by atoms with Gasteiger partial charge < -0.3 is 19.1 Å². The van der Waals surface area contributed by atoms with Crippen molar-refractivity contribution in [1.29, 1.82) is 0 Å². The van der Waals surface area contributed by atoms with E-state index in [2.05, 4.69) is 19.6 Å². The summed E-state index contributed by atoms with van der Waals surface area (Å²) in [6.07, 6.45) is -0.819. The lowest BCUT2D eigenvalue weighted by molar-refractivity contribution is 0.157. The predicted molar refractivity (Wildman–Crippen MR) is 100 cm³/mol. The van der Waals surface area contributed by atoms with E-state index in [1.807, 2.05) is 6.07 Å². The Morgan fingerprint density at radius 3 is 2.61 bits per heavy atom. The number of nitrogens with one attached hydrogen (secondary N) is 1. The first-order valence-corrected chi connectivity index (χ1v) is 10.5. The van der Waals surface area contributed by atoms with Gasteiger partial charge in [0.1, 0.15) is 6.73 Å². The van der Waals surface area contributed by atoms with Gasteiger partial charge in [0.15, 0.2) is 9.79 Å². The van der Waals surface area contributed by atoms with Crippen LogP contribution in [-0.4, -0.2) is 37.1 Å². The Bertz CT molecular complexity index is 1040. The van der Waals surface area contributed by atoms with Gasteiger partial charge in [-0.1, -0.05) is 18.2 Å². The van der Waals surface area contributed by atoms with Crippen molar-refractivity contribution in [2.75, 3.05) is 12.4 Å². The normalized spacial score (nSPS) is 12.7. The maximum absolute atomic E-state index is 12.8. The summed E-state index contributed by atoms with van der Waals surface area (Å²) in [6, 6.07) is 13.5. The molecule has 0 bridgehead atoms. The average molecular weight is 425 g/mol. The molecular formula is C16H16N3O7PS. The highest BCUT2D eigenvalue weighted by Crippen LogP contribution is 2.37. The Balaban J connectivity index is 2.04. The van der Waals surface area contributed by atoms with E-state index in [1.165, 1.54) is 4.57 Å². The molecule has 0 aliphatic carbocycles. The summed E-state index contributed by atoms with van der Waals surface area (Å²) in [7, 11) is -3.61. The van der Waals surface area contributed by atoms with Gasteiger partial charge in [0.05, 0.1) is 18.1 Å². The number of benzene rings is 2. The van der Waals surface area contributed by atoms with Crippen LogP contribution in [0.4, 0.5) is 10.7 Å². The molecule has 1 aromatic heterocycles. The molecular weight excluding hydrogens is 409 g/mol. The maximum Gasteiger partial charge on any atom is 0.471 e. The van der Waals surface area contributed by atoms with Crippen molar-refractivity contribution in [3.63, 3.8) is 0 Å². The molecule has 0 spiro atoms. The summed E-state index contributed by atoms with van der Waals surface area (Å²) in [4.78, 5) is 34.8. The predicted octanol–water partition coefficient (Wildman–Crippen LogP) is 2.45. The summed E-state index contributed by atoms with van der Waals surface area (Å²) in [5.41, 5.74) is 0.760. The van der Waals surface area contributed by atoms with Gasteiger partial charge in [0, 0.05) is 17.2 Å². The smallest absolute Gasteiger partial charge is 0.471 e. The summed E-state index contributed by atoms with van der Waals surface area (Å²) < 4.78 is 34.2. The fourth-order valence-corrected chi connectivity index (χ4v) is 3.75. The van der Waals surface area contributed by atoms with Crippen LogP contribution in [0.3, 0.4) is 0 Å². The molecule has 0 saturated heterocycles. The highest BCUT2D eigenvalue weighted by molar-refractivity contribution is 7.91. The fourth-order valence-electron chi connectivity index (χ4n) is 2.40. The molecule has 1 unspecified atom stereocenters. The third-order valence-electron chi connectivity index (χ3n) is 3.65. The quantitative estimate of drug-likeness (QED) is 0.403. The van der Waals surface area contributed by atoms with Crippen molar-refractivity contribution in [3.8, 4) is 0 Å². The zero-order valence-corrected chi connectivity index (χ0v) is 16.2. The van der Waals surface area contributed by atoms with Crippen LogP contribution in [0.15, 0.2) is 58.3 Å². The molecule has 0 fully saturated rings. The second-order valence-corrected chi connectivity index (χ2v) is 8.18. The van der Waals surface area contributed by atoms with Gasteiger partial charge in [-0.3, -0.25) is 14.4 Å². The minimum atomic E-state index is -4.78. The van der Waals surface area contributed by atoms with Crippen LogP contribution in [0.2, 0.25) is 0 Å². The zero-order chi connectivity index (χ0) is 20.3.